The summed E-state index contributed by atoms with van der Waals surface area (Å²) in [5.41, 5.74) is 11.9. The van der Waals surface area contributed by atoms with E-state index >= 15 is 0 Å². The number of nitrogens with one attached hydrogen (secondary N) is 1. The van der Waals surface area contributed by atoms with E-state index in [0.717, 1.165) is 89.0 Å². The molecule has 8 nitrogen and oxygen atoms in total. The molecule has 38 heavy (non-hydrogen) atoms. The fourth-order valence-electron chi connectivity index (χ4n) is 5.53. The summed E-state index contributed by atoms with van der Waals surface area (Å²) in [6, 6.07) is 12.2. The van der Waals surface area contributed by atoms with Crippen molar-refractivity contribution in [1.29, 1.82) is 0 Å². The summed E-state index contributed by atoms with van der Waals surface area (Å²) in [6.45, 7) is 2.11. The molecule has 0 spiro atoms. The zero-order valence-electron chi connectivity index (χ0n) is 22.6. The van der Waals surface area contributed by atoms with Crippen LogP contribution in [-0.2, 0) is 41.5 Å². The van der Waals surface area contributed by atoms with Crippen molar-refractivity contribution in [1.82, 2.24) is 19.3 Å². The summed E-state index contributed by atoms with van der Waals surface area (Å²) in [5.74, 6) is 1.53. The number of benzene rings is 2. The Kier molecular flexibility index (Phi) is 8.26. The Bertz CT molecular complexity index is 1470. The minimum absolute atomic E-state index is 0.530. The van der Waals surface area contributed by atoms with E-state index < -0.39 is 11.0 Å². The van der Waals surface area contributed by atoms with Crippen molar-refractivity contribution in [2.45, 2.75) is 56.4 Å². The number of methoxy groups -OCH3 is 1. The quantitative estimate of drug-likeness (QED) is 0.277. The van der Waals surface area contributed by atoms with Gasteiger partial charge in [0.2, 0.25) is 0 Å². The van der Waals surface area contributed by atoms with Crippen molar-refractivity contribution in [2.75, 3.05) is 45.0 Å². The molecule has 4 aromatic rings. The number of anilines is 2. The normalized spacial score (nSPS) is 14.2. The summed E-state index contributed by atoms with van der Waals surface area (Å²) < 4.78 is 24.2. The largest absolute Gasteiger partial charge is 0.384 e. The molecule has 1 unspecified atom stereocenters. The smallest absolute Gasteiger partial charge is 0.151 e. The second-order valence-electron chi connectivity index (χ2n) is 10.1. The van der Waals surface area contributed by atoms with E-state index in [1.54, 1.807) is 7.11 Å². The zero-order chi connectivity index (χ0) is 26.6. The van der Waals surface area contributed by atoms with Gasteiger partial charge in [0.05, 0.1) is 17.0 Å². The number of ether oxygens (including phenoxy) is 1. The van der Waals surface area contributed by atoms with Crippen molar-refractivity contribution in [3.63, 3.8) is 0 Å². The van der Waals surface area contributed by atoms with Gasteiger partial charge in [-0.1, -0.05) is 24.3 Å². The lowest BCUT2D eigenvalue weighted by Crippen LogP contribution is -2.19. The summed E-state index contributed by atoms with van der Waals surface area (Å²) in [4.78, 5) is 12.5. The summed E-state index contributed by atoms with van der Waals surface area (Å²) in [5, 5.41) is 2.13. The lowest BCUT2D eigenvalue weighted by atomic mass is 9.95. The second kappa shape index (κ2) is 11.8. The molecular weight excluding hydrogens is 496 g/mol. The number of nitrogens with two attached hydrogens (primary N) is 1. The van der Waals surface area contributed by atoms with Gasteiger partial charge in [-0.05, 0) is 56.2 Å². The number of hydrogen-bond donors (Lipinski definition) is 2. The van der Waals surface area contributed by atoms with Gasteiger partial charge in [-0.2, -0.15) is 0 Å². The van der Waals surface area contributed by atoms with E-state index in [9.17, 15) is 4.21 Å². The molecule has 1 atom stereocenters. The number of aryl methyl sites for hydroxylation is 3. The average molecular weight is 535 g/mol. The van der Waals surface area contributed by atoms with Gasteiger partial charge in [-0.3, -0.25) is 0 Å². The monoisotopic (exact) mass is 534 g/mol. The molecule has 2 aromatic heterocycles. The van der Waals surface area contributed by atoms with Crippen LogP contribution in [0.25, 0.3) is 21.8 Å². The third kappa shape index (κ3) is 5.28. The molecule has 0 fully saturated rings. The SMILES string of the molecule is COCCc1nc2c(N)nc3c(c2n1CCCCNS(=O)c1cccc2c(N(C)C)cccc12)CCCC3. The zero-order valence-corrected chi connectivity index (χ0v) is 23.4. The number of imidazole rings is 1. The molecule has 3 N–H and O–H groups in total. The number of nitrogen functional groups attached to an aromatic ring is 1. The van der Waals surface area contributed by atoms with E-state index in [-0.39, 0.29) is 0 Å². The van der Waals surface area contributed by atoms with E-state index in [1.807, 2.05) is 38.4 Å². The lowest BCUT2D eigenvalue weighted by Gasteiger charge is -2.18. The molecule has 2 heterocycles. The van der Waals surface area contributed by atoms with Crippen LogP contribution < -0.4 is 15.4 Å². The Morgan fingerprint density at radius 2 is 1.87 bits per heavy atom. The number of rotatable bonds is 11. The third-order valence-corrected chi connectivity index (χ3v) is 8.60. The van der Waals surface area contributed by atoms with Crippen LogP contribution in [0.4, 0.5) is 11.5 Å². The number of nitrogens with zero attached hydrogens (tertiary/aromatic N) is 4. The van der Waals surface area contributed by atoms with Crippen LogP contribution >= 0.6 is 0 Å². The number of fused-ring (bicyclic) bond motifs is 4. The molecule has 0 amide bonds. The van der Waals surface area contributed by atoms with Crippen LogP contribution in [0.15, 0.2) is 41.3 Å². The maximum atomic E-state index is 13.2. The minimum Gasteiger partial charge on any atom is -0.384 e. The van der Waals surface area contributed by atoms with E-state index in [0.29, 0.717) is 19.0 Å². The Morgan fingerprint density at radius 3 is 2.68 bits per heavy atom. The maximum Gasteiger partial charge on any atom is 0.151 e. The van der Waals surface area contributed by atoms with Gasteiger partial charge in [-0.15, -0.1) is 0 Å². The highest BCUT2D eigenvalue weighted by Crippen LogP contribution is 2.32. The number of aromatic nitrogens is 3. The highest BCUT2D eigenvalue weighted by molar-refractivity contribution is 7.83. The third-order valence-electron chi connectivity index (χ3n) is 7.38. The number of unbranched alkanes of at least 4 members (excludes halogenated alkanes) is 1. The number of pyridine rings is 1. The van der Waals surface area contributed by atoms with Crippen LogP contribution in [0.2, 0.25) is 0 Å². The van der Waals surface area contributed by atoms with Crippen molar-refractivity contribution in [2.24, 2.45) is 0 Å². The predicted molar refractivity (Wildman–Crippen MR) is 156 cm³/mol. The van der Waals surface area contributed by atoms with E-state index in [2.05, 4.69) is 26.3 Å². The van der Waals surface area contributed by atoms with Gasteiger partial charge in [0.1, 0.15) is 22.3 Å². The molecule has 9 heteroatoms. The average Bonchev–Trinajstić information content (AvgIpc) is 3.30. The van der Waals surface area contributed by atoms with Gasteiger partial charge in [-0.25, -0.2) is 18.9 Å². The van der Waals surface area contributed by atoms with Crippen LogP contribution in [0.3, 0.4) is 0 Å². The molecular formula is C29H38N6O2S. The van der Waals surface area contributed by atoms with Crippen LogP contribution in [0.5, 0.6) is 0 Å². The van der Waals surface area contributed by atoms with Crippen molar-refractivity contribution >= 4 is 44.3 Å². The maximum absolute atomic E-state index is 13.2. The first-order valence-corrected chi connectivity index (χ1v) is 14.6. The molecule has 0 saturated heterocycles. The minimum atomic E-state index is -1.28. The molecule has 0 aliphatic heterocycles. The van der Waals surface area contributed by atoms with Crippen LogP contribution in [0, 0.1) is 0 Å². The Morgan fingerprint density at radius 1 is 1.08 bits per heavy atom. The summed E-state index contributed by atoms with van der Waals surface area (Å²) in [7, 11) is 4.49. The molecule has 202 valence electrons. The van der Waals surface area contributed by atoms with Gasteiger partial charge in [0.15, 0.2) is 5.82 Å². The Balaban J connectivity index is 1.29. The highest BCUT2D eigenvalue weighted by atomic mass is 32.2. The van der Waals surface area contributed by atoms with E-state index in [4.69, 9.17) is 20.4 Å². The Labute approximate surface area is 227 Å². The molecule has 0 saturated carbocycles. The Hall–Kier alpha value is -3.01. The van der Waals surface area contributed by atoms with Gasteiger partial charge < -0.3 is 19.9 Å². The first kappa shape index (κ1) is 26.6. The number of hydrogen-bond acceptors (Lipinski definition) is 6. The lowest BCUT2D eigenvalue weighted by molar-refractivity contribution is 0.199. The first-order valence-electron chi connectivity index (χ1n) is 13.5. The molecule has 1 aliphatic carbocycles. The topological polar surface area (TPSA) is 98.3 Å². The molecule has 0 bridgehead atoms. The van der Waals surface area contributed by atoms with Crippen LogP contribution in [-0.4, -0.2) is 53.1 Å². The highest BCUT2D eigenvalue weighted by Gasteiger charge is 2.22. The molecule has 2 aromatic carbocycles. The fourth-order valence-corrected chi connectivity index (χ4v) is 6.59. The van der Waals surface area contributed by atoms with E-state index in [1.165, 1.54) is 12.0 Å². The van der Waals surface area contributed by atoms with Crippen molar-refractivity contribution < 1.29 is 8.95 Å². The summed E-state index contributed by atoms with van der Waals surface area (Å²) in [6.07, 6.45) is 6.90. The van der Waals surface area contributed by atoms with Gasteiger partial charge in [0, 0.05) is 62.9 Å². The fraction of sp³-hybridized carbons (Fsp3) is 0.448. The second-order valence-corrected chi connectivity index (χ2v) is 11.4. The van der Waals surface area contributed by atoms with Gasteiger partial charge in [0.25, 0.3) is 0 Å². The standard InChI is InChI=1S/C29H38N6O2S/c1-34(2)24-14-8-12-21-20(24)11-9-15-25(21)38(36)31-17-6-7-18-35-26(16-19-37-3)33-27-28(35)22-10-4-5-13-23(22)32-29(27)30/h8-9,11-12,14-15,31H,4-7,10,13,16-19H2,1-3H3,(H2,30,32). The summed E-state index contributed by atoms with van der Waals surface area (Å²) >= 11 is 0. The van der Waals surface area contributed by atoms with Gasteiger partial charge >= 0.3 is 0 Å². The molecule has 0 radical (unpaired) electrons. The molecule has 5 rings (SSSR count). The van der Waals surface area contributed by atoms with Crippen molar-refractivity contribution in [3.05, 3.63) is 53.5 Å². The molecule has 1 aliphatic rings. The first-order chi connectivity index (χ1) is 18.5. The predicted octanol–water partition coefficient (Wildman–Crippen LogP) is 4.39. The van der Waals surface area contributed by atoms with Crippen molar-refractivity contribution in [3.8, 4) is 0 Å². The van der Waals surface area contributed by atoms with Crippen LogP contribution in [0.1, 0.15) is 42.8 Å².